The molecule has 6 heteroatoms. The molecule has 2 heterocycles. The van der Waals surface area contributed by atoms with Gasteiger partial charge in [-0.2, -0.15) is 0 Å². The number of aromatic nitrogens is 2. The molecule has 122 valence electrons. The third-order valence-electron chi connectivity index (χ3n) is 4.36. The van der Waals surface area contributed by atoms with E-state index in [2.05, 4.69) is 20.9 Å². The van der Waals surface area contributed by atoms with Crippen LogP contribution in [0.25, 0.3) is 0 Å². The van der Waals surface area contributed by atoms with Gasteiger partial charge < -0.3 is 14.6 Å². The minimum atomic E-state index is 0.104. The van der Waals surface area contributed by atoms with Crippen molar-refractivity contribution in [1.29, 1.82) is 0 Å². The molecule has 0 saturated carbocycles. The Labute approximate surface area is 136 Å². The molecule has 1 aliphatic heterocycles. The van der Waals surface area contributed by atoms with Gasteiger partial charge in [0.1, 0.15) is 5.75 Å². The molecule has 1 N–H and O–H groups in total. The molecule has 23 heavy (non-hydrogen) atoms. The summed E-state index contributed by atoms with van der Waals surface area (Å²) < 4.78 is 5.53. The summed E-state index contributed by atoms with van der Waals surface area (Å²) in [6, 6.07) is 8.13. The Morgan fingerprint density at radius 3 is 2.91 bits per heavy atom. The summed E-state index contributed by atoms with van der Waals surface area (Å²) in [5.74, 6) is 0.976. The highest BCUT2D eigenvalue weighted by molar-refractivity contribution is 5.73. The predicted octanol–water partition coefficient (Wildman–Crippen LogP) is 1.82. The number of H-pyrrole nitrogens is 1. The van der Waals surface area contributed by atoms with Crippen molar-refractivity contribution in [2.45, 2.75) is 19.5 Å². The second-order valence-electron chi connectivity index (χ2n) is 5.77. The number of nitrogens with zero attached hydrogens (tertiary/aromatic N) is 3. The summed E-state index contributed by atoms with van der Waals surface area (Å²) in [6.07, 6.45) is 3.54. The fourth-order valence-electron chi connectivity index (χ4n) is 3.12. The summed E-state index contributed by atoms with van der Waals surface area (Å²) in [5, 5.41) is 0. The zero-order chi connectivity index (χ0) is 16.2. The van der Waals surface area contributed by atoms with Gasteiger partial charge in [0, 0.05) is 50.6 Å². The van der Waals surface area contributed by atoms with E-state index in [0.29, 0.717) is 6.54 Å². The van der Waals surface area contributed by atoms with Crippen LogP contribution in [-0.2, 0) is 11.3 Å². The number of carbonyl (C=O) groups excluding carboxylic acids is 1. The zero-order valence-corrected chi connectivity index (χ0v) is 13.5. The Hall–Kier alpha value is -2.34. The summed E-state index contributed by atoms with van der Waals surface area (Å²) in [6.45, 7) is 4.64. The van der Waals surface area contributed by atoms with Gasteiger partial charge in [0.05, 0.1) is 19.5 Å². The number of nitrogens with one attached hydrogen (secondary N) is 1. The van der Waals surface area contributed by atoms with Crippen LogP contribution in [0.3, 0.4) is 0 Å². The van der Waals surface area contributed by atoms with Crippen LogP contribution < -0.4 is 4.74 Å². The Balaban J connectivity index is 1.89. The average Bonchev–Trinajstić information content (AvgIpc) is 3.08. The van der Waals surface area contributed by atoms with Crippen LogP contribution in [0, 0.1) is 0 Å². The van der Waals surface area contributed by atoms with Crippen molar-refractivity contribution in [3.63, 3.8) is 0 Å². The number of rotatable bonds is 4. The highest BCUT2D eigenvalue weighted by Gasteiger charge is 2.31. The third-order valence-corrected chi connectivity index (χ3v) is 4.36. The molecule has 1 saturated heterocycles. The largest absolute Gasteiger partial charge is 0.496 e. The predicted molar refractivity (Wildman–Crippen MR) is 87.0 cm³/mol. The van der Waals surface area contributed by atoms with Crippen molar-refractivity contribution in [2.24, 2.45) is 0 Å². The fourth-order valence-corrected chi connectivity index (χ4v) is 3.12. The number of piperazine rings is 1. The standard InChI is InChI=1S/C17H22N4O2/c1-13(22)20-7-8-21(10-14-9-18-12-19-14)16(11-20)15-5-3-4-6-17(15)23-2/h3-6,9,12,16H,7-8,10-11H2,1-2H3,(H,18,19). The molecule has 0 spiro atoms. The number of imidazole rings is 1. The van der Waals surface area contributed by atoms with Crippen molar-refractivity contribution >= 4 is 5.91 Å². The quantitative estimate of drug-likeness (QED) is 0.935. The molecule has 3 rings (SSSR count). The molecule has 1 aliphatic rings. The number of carbonyl (C=O) groups is 1. The highest BCUT2D eigenvalue weighted by atomic mass is 16.5. The van der Waals surface area contributed by atoms with Gasteiger partial charge >= 0.3 is 0 Å². The number of hydrogen-bond acceptors (Lipinski definition) is 4. The number of ether oxygens (including phenoxy) is 1. The van der Waals surface area contributed by atoms with E-state index in [0.717, 1.165) is 36.6 Å². The highest BCUT2D eigenvalue weighted by Crippen LogP contribution is 2.32. The summed E-state index contributed by atoms with van der Waals surface area (Å²) in [4.78, 5) is 23.3. The third kappa shape index (κ3) is 3.37. The van der Waals surface area contributed by atoms with Gasteiger partial charge in [0.2, 0.25) is 5.91 Å². The normalized spacial score (nSPS) is 18.9. The number of methoxy groups -OCH3 is 1. The van der Waals surface area contributed by atoms with Crippen LogP contribution in [0.2, 0.25) is 0 Å². The smallest absolute Gasteiger partial charge is 0.219 e. The molecule has 0 radical (unpaired) electrons. The molecule has 0 bridgehead atoms. The lowest BCUT2D eigenvalue weighted by atomic mass is 10.0. The van der Waals surface area contributed by atoms with E-state index < -0.39 is 0 Å². The molecule has 1 aromatic heterocycles. The van der Waals surface area contributed by atoms with Gasteiger partial charge in [0.15, 0.2) is 0 Å². The van der Waals surface area contributed by atoms with Crippen LogP contribution in [0.5, 0.6) is 5.75 Å². The Kier molecular flexibility index (Phi) is 4.62. The first kappa shape index (κ1) is 15.6. The van der Waals surface area contributed by atoms with Crippen molar-refractivity contribution in [3.05, 3.63) is 48.0 Å². The lowest BCUT2D eigenvalue weighted by Crippen LogP contribution is -2.49. The molecule has 1 aromatic carbocycles. The van der Waals surface area contributed by atoms with Crippen molar-refractivity contribution < 1.29 is 9.53 Å². The number of para-hydroxylation sites is 1. The molecule has 6 nitrogen and oxygen atoms in total. The minimum Gasteiger partial charge on any atom is -0.496 e. The SMILES string of the molecule is COc1ccccc1C1CN(C(C)=O)CCN1Cc1cnc[nH]1. The van der Waals surface area contributed by atoms with E-state index in [-0.39, 0.29) is 11.9 Å². The van der Waals surface area contributed by atoms with Crippen molar-refractivity contribution in [3.8, 4) is 5.75 Å². The van der Waals surface area contributed by atoms with Gasteiger partial charge in [-0.05, 0) is 6.07 Å². The summed E-state index contributed by atoms with van der Waals surface area (Å²) >= 11 is 0. The van der Waals surface area contributed by atoms with E-state index in [1.54, 1.807) is 20.4 Å². The Morgan fingerprint density at radius 1 is 1.39 bits per heavy atom. The van der Waals surface area contributed by atoms with Crippen molar-refractivity contribution in [2.75, 3.05) is 26.7 Å². The first-order valence-corrected chi connectivity index (χ1v) is 7.78. The van der Waals surface area contributed by atoms with Gasteiger partial charge in [0.25, 0.3) is 0 Å². The molecular formula is C17H22N4O2. The number of benzene rings is 1. The first-order chi connectivity index (χ1) is 11.2. The maximum Gasteiger partial charge on any atom is 0.219 e. The maximum atomic E-state index is 11.8. The summed E-state index contributed by atoms with van der Waals surface area (Å²) in [7, 11) is 1.68. The number of hydrogen-bond donors (Lipinski definition) is 1. The Bertz CT molecular complexity index is 656. The lowest BCUT2D eigenvalue weighted by Gasteiger charge is -2.41. The van der Waals surface area contributed by atoms with Crippen LogP contribution in [0.4, 0.5) is 0 Å². The van der Waals surface area contributed by atoms with Gasteiger partial charge in [-0.3, -0.25) is 9.69 Å². The summed E-state index contributed by atoms with van der Waals surface area (Å²) in [5.41, 5.74) is 2.18. The second-order valence-corrected chi connectivity index (χ2v) is 5.77. The number of amides is 1. The molecule has 1 amide bonds. The minimum absolute atomic E-state index is 0.104. The lowest BCUT2D eigenvalue weighted by molar-refractivity contribution is -0.132. The van der Waals surface area contributed by atoms with Crippen LogP contribution in [0.15, 0.2) is 36.8 Å². The van der Waals surface area contributed by atoms with E-state index in [1.165, 1.54) is 0 Å². The van der Waals surface area contributed by atoms with E-state index >= 15 is 0 Å². The van der Waals surface area contributed by atoms with Crippen LogP contribution in [-0.4, -0.2) is 52.4 Å². The fraction of sp³-hybridized carbons (Fsp3) is 0.412. The monoisotopic (exact) mass is 314 g/mol. The first-order valence-electron chi connectivity index (χ1n) is 7.78. The average molecular weight is 314 g/mol. The van der Waals surface area contributed by atoms with Crippen LogP contribution in [0.1, 0.15) is 24.2 Å². The molecular weight excluding hydrogens is 292 g/mol. The second kappa shape index (κ2) is 6.83. The van der Waals surface area contributed by atoms with E-state index in [4.69, 9.17) is 4.74 Å². The van der Waals surface area contributed by atoms with Gasteiger partial charge in [-0.25, -0.2) is 4.98 Å². The topological polar surface area (TPSA) is 61.5 Å². The maximum absolute atomic E-state index is 11.8. The van der Waals surface area contributed by atoms with E-state index in [9.17, 15) is 4.79 Å². The molecule has 1 fully saturated rings. The zero-order valence-electron chi connectivity index (χ0n) is 13.5. The van der Waals surface area contributed by atoms with E-state index in [1.807, 2.05) is 29.3 Å². The number of aromatic amines is 1. The molecule has 2 aromatic rings. The Morgan fingerprint density at radius 2 is 2.22 bits per heavy atom. The van der Waals surface area contributed by atoms with Gasteiger partial charge in [-0.15, -0.1) is 0 Å². The molecule has 1 unspecified atom stereocenters. The van der Waals surface area contributed by atoms with Gasteiger partial charge in [-0.1, -0.05) is 18.2 Å². The molecule has 1 atom stereocenters. The van der Waals surface area contributed by atoms with Crippen molar-refractivity contribution in [1.82, 2.24) is 19.8 Å². The van der Waals surface area contributed by atoms with Crippen LogP contribution >= 0.6 is 0 Å². The molecule has 0 aliphatic carbocycles.